The maximum atomic E-state index is 13.0. The smallest absolute Gasteiger partial charge is 0.335 e. The molecule has 1 aromatic heterocycles. The van der Waals surface area contributed by atoms with Crippen molar-refractivity contribution in [2.24, 2.45) is 0 Å². The minimum absolute atomic E-state index is 0.108. The molecule has 158 valence electrons. The Morgan fingerprint density at radius 2 is 2.19 bits per heavy atom. The molecule has 7 heteroatoms. The van der Waals surface area contributed by atoms with Gasteiger partial charge < -0.3 is 14.6 Å². The van der Waals surface area contributed by atoms with Crippen molar-refractivity contribution in [1.29, 1.82) is 0 Å². The minimum Gasteiger partial charge on any atom is -0.493 e. The number of carboxylic acid groups (broad SMARTS) is 1. The van der Waals surface area contributed by atoms with E-state index in [2.05, 4.69) is 4.98 Å². The largest absolute Gasteiger partial charge is 0.493 e. The van der Waals surface area contributed by atoms with Crippen molar-refractivity contribution in [3.8, 4) is 11.5 Å². The number of hydrogen-bond donors (Lipinski definition) is 1. The van der Waals surface area contributed by atoms with Crippen LogP contribution in [0, 0.1) is 0 Å². The first-order valence-electron chi connectivity index (χ1n) is 10.4. The van der Waals surface area contributed by atoms with Crippen LogP contribution in [0.3, 0.4) is 0 Å². The fourth-order valence-corrected chi connectivity index (χ4v) is 4.32. The molecule has 2 aliphatic heterocycles. The van der Waals surface area contributed by atoms with Gasteiger partial charge in [-0.15, -0.1) is 0 Å². The Morgan fingerprint density at radius 1 is 1.35 bits per heavy atom. The Labute approximate surface area is 178 Å². The number of allylic oxidation sites excluding steroid dienone is 1. The molecule has 3 heterocycles. The van der Waals surface area contributed by atoms with Crippen molar-refractivity contribution in [2.45, 2.75) is 39.3 Å². The molecule has 7 nitrogen and oxygen atoms in total. The number of fused-ring (bicyclic) bond motifs is 3. The molecule has 0 radical (unpaired) electrons. The molecule has 2 aliphatic rings. The van der Waals surface area contributed by atoms with Crippen molar-refractivity contribution in [3.05, 3.63) is 63.2 Å². The quantitative estimate of drug-likeness (QED) is 0.694. The van der Waals surface area contributed by atoms with Crippen LogP contribution >= 0.6 is 0 Å². The predicted molar refractivity (Wildman–Crippen MR) is 117 cm³/mol. The summed E-state index contributed by atoms with van der Waals surface area (Å²) in [4.78, 5) is 29.0. The molecular formula is C24H22N2O5. The zero-order chi connectivity index (χ0) is 21.7. The first kappa shape index (κ1) is 19.4. The third-order valence-corrected chi connectivity index (χ3v) is 5.75. The molecule has 1 atom stereocenters. The summed E-state index contributed by atoms with van der Waals surface area (Å²) in [5.74, 6) is 1.16. The van der Waals surface area contributed by atoms with Crippen molar-refractivity contribution in [1.82, 2.24) is 9.55 Å². The maximum Gasteiger partial charge on any atom is 0.335 e. The van der Waals surface area contributed by atoms with Gasteiger partial charge in [0.25, 0.3) is 5.56 Å². The van der Waals surface area contributed by atoms with E-state index in [0.717, 1.165) is 34.6 Å². The van der Waals surface area contributed by atoms with Gasteiger partial charge in [-0.2, -0.15) is 0 Å². The van der Waals surface area contributed by atoms with Gasteiger partial charge >= 0.3 is 5.97 Å². The minimum atomic E-state index is -1.05. The second-order valence-electron chi connectivity index (χ2n) is 7.91. The molecule has 31 heavy (non-hydrogen) atoms. The van der Waals surface area contributed by atoms with Gasteiger partial charge in [0, 0.05) is 24.1 Å². The molecule has 0 unspecified atom stereocenters. The van der Waals surface area contributed by atoms with Gasteiger partial charge in [-0.05, 0) is 62.2 Å². The zero-order valence-corrected chi connectivity index (χ0v) is 17.3. The van der Waals surface area contributed by atoms with Crippen LogP contribution in [0.25, 0.3) is 22.6 Å². The first-order valence-corrected chi connectivity index (χ1v) is 10.4. The Kier molecular flexibility index (Phi) is 4.54. The Bertz CT molecular complexity index is 1320. The normalized spacial score (nSPS) is 18.1. The molecule has 0 fully saturated rings. The third-order valence-electron chi connectivity index (χ3n) is 5.75. The van der Waals surface area contributed by atoms with Crippen molar-refractivity contribution in [3.63, 3.8) is 0 Å². The van der Waals surface area contributed by atoms with Gasteiger partial charge in [0.2, 0.25) is 0 Å². The summed E-state index contributed by atoms with van der Waals surface area (Å²) in [5, 5.41) is 9.70. The van der Waals surface area contributed by atoms with E-state index in [1.165, 1.54) is 18.2 Å². The molecule has 1 N–H and O–H groups in total. The van der Waals surface area contributed by atoms with Crippen LogP contribution in [0.4, 0.5) is 0 Å². The summed E-state index contributed by atoms with van der Waals surface area (Å²) in [7, 11) is 0. The Morgan fingerprint density at radius 3 is 2.97 bits per heavy atom. The third kappa shape index (κ3) is 3.26. The van der Waals surface area contributed by atoms with Crippen molar-refractivity contribution < 1.29 is 19.4 Å². The van der Waals surface area contributed by atoms with Crippen LogP contribution in [0.1, 0.15) is 47.6 Å². The second-order valence-corrected chi connectivity index (χ2v) is 7.91. The summed E-state index contributed by atoms with van der Waals surface area (Å²) in [6, 6.07) is 8.44. The monoisotopic (exact) mass is 418 g/mol. The number of hydrogen-bond acceptors (Lipinski definition) is 5. The van der Waals surface area contributed by atoms with Gasteiger partial charge in [0.05, 0.1) is 23.1 Å². The fourth-order valence-electron chi connectivity index (χ4n) is 4.32. The number of carbonyl (C=O) groups is 1. The van der Waals surface area contributed by atoms with E-state index in [-0.39, 0.29) is 17.2 Å². The van der Waals surface area contributed by atoms with E-state index < -0.39 is 5.97 Å². The van der Waals surface area contributed by atoms with Gasteiger partial charge in [-0.3, -0.25) is 9.36 Å². The standard InChI is InChI=1S/C24H22N2O5/c1-3-30-20-11-16-8-13(2)31-21(16)12-17(20)9-14-6-7-26-22(14)25-19-10-15(24(28)29)4-5-18(19)23(26)27/h4-5,9-13H,3,6-8H2,1-2H3,(H,28,29)/b14-9+/t13-/m1/s1. The molecular weight excluding hydrogens is 396 g/mol. The average molecular weight is 418 g/mol. The summed E-state index contributed by atoms with van der Waals surface area (Å²) in [6.45, 7) is 5.06. The lowest BCUT2D eigenvalue weighted by Crippen LogP contribution is -2.21. The lowest BCUT2D eigenvalue weighted by atomic mass is 10.0. The van der Waals surface area contributed by atoms with Crippen LogP contribution in [-0.4, -0.2) is 33.3 Å². The van der Waals surface area contributed by atoms with E-state index in [4.69, 9.17) is 9.47 Å². The molecule has 2 aromatic carbocycles. The number of aromatic carboxylic acids is 1. The lowest BCUT2D eigenvalue weighted by Gasteiger charge is -2.11. The van der Waals surface area contributed by atoms with Gasteiger partial charge in [-0.1, -0.05) is 0 Å². The topological polar surface area (TPSA) is 90.7 Å². The van der Waals surface area contributed by atoms with E-state index in [9.17, 15) is 14.7 Å². The average Bonchev–Trinajstić information content (AvgIpc) is 3.30. The summed E-state index contributed by atoms with van der Waals surface area (Å²) < 4.78 is 13.4. The highest BCUT2D eigenvalue weighted by molar-refractivity contribution is 5.93. The number of ether oxygens (including phenoxy) is 2. The highest BCUT2D eigenvalue weighted by Gasteiger charge is 2.24. The van der Waals surface area contributed by atoms with E-state index in [1.54, 1.807) is 4.57 Å². The second kappa shape index (κ2) is 7.27. The molecule has 0 spiro atoms. The lowest BCUT2D eigenvalue weighted by molar-refractivity contribution is 0.0697. The van der Waals surface area contributed by atoms with Gasteiger partial charge in [0.15, 0.2) is 0 Å². The van der Waals surface area contributed by atoms with Gasteiger partial charge in [-0.25, -0.2) is 9.78 Å². The molecule has 0 aliphatic carbocycles. The molecule has 5 rings (SSSR count). The molecule has 0 amide bonds. The van der Waals surface area contributed by atoms with Crippen molar-refractivity contribution in [2.75, 3.05) is 6.61 Å². The summed E-state index contributed by atoms with van der Waals surface area (Å²) in [5.41, 5.74) is 3.26. The SMILES string of the molecule is CCOc1cc2c(cc1/C=C1\CCn3c1nc1cc(C(=O)O)ccc1c3=O)O[C@H](C)C2. The highest BCUT2D eigenvalue weighted by atomic mass is 16.5. The van der Waals surface area contributed by atoms with Crippen LogP contribution in [0.5, 0.6) is 11.5 Å². The molecule has 0 saturated heterocycles. The number of benzene rings is 2. The molecule has 3 aromatic rings. The number of carboxylic acids is 1. The number of nitrogens with zero attached hydrogens (tertiary/aromatic N) is 2. The van der Waals surface area contributed by atoms with Crippen molar-refractivity contribution >= 4 is 28.5 Å². The summed E-state index contributed by atoms with van der Waals surface area (Å²) in [6.07, 6.45) is 3.64. The fraction of sp³-hybridized carbons (Fsp3) is 0.292. The number of aromatic nitrogens is 2. The van der Waals surface area contributed by atoms with Crippen LogP contribution in [0.2, 0.25) is 0 Å². The van der Waals surface area contributed by atoms with E-state index in [0.29, 0.717) is 36.3 Å². The van der Waals surface area contributed by atoms with Crippen LogP contribution < -0.4 is 15.0 Å². The molecule has 0 bridgehead atoms. The Balaban J connectivity index is 1.64. The van der Waals surface area contributed by atoms with Crippen LogP contribution in [0.15, 0.2) is 35.1 Å². The zero-order valence-electron chi connectivity index (χ0n) is 17.3. The maximum absolute atomic E-state index is 13.0. The van der Waals surface area contributed by atoms with E-state index in [1.807, 2.05) is 32.1 Å². The number of rotatable bonds is 4. The first-order chi connectivity index (χ1) is 14.9. The predicted octanol–water partition coefficient (Wildman–Crippen LogP) is 3.76. The summed E-state index contributed by atoms with van der Waals surface area (Å²) >= 11 is 0. The van der Waals surface area contributed by atoms with E-state index >= 15 is 0 Å². The van der Waals surface area contributed by atoms with Gasteiger partial charge in [0.1, 0.15) is 23.4 Å². The molecule has 0 saturated carbocycles. The Hall–Kier alpha value is -3.61. The van der Waals surface area contributed by atoms with Crippen LogP contribution in [-0.2, 0) is 13.0 Å². The highest BCUT2D eigenvalue weighted by Crippen LogP contribution is 2.38.